The van der Waals surface area contributed by atoms with Gasteiger partial charge < -0.3 is 9.72 Å². The molecule has 0 amide bonds. The summed E-state index contributed by atoms with van der Waals surface area (Å²) in [6.45, 7) is 4.23. The normalized spacial score (nSPS) is 10.0. The van der Waals surface area contributed by atoms with Gasteiger partial charge in [0, 0.05) is 6.42 Å². The number of rotatable bonds is 4. The minimum absolute atomic E-state index is 0.336. The van der Waals surface area contributed by atoms with Gasteiger partial charge in [0.05, 0.1) is 12.8 Å². The van der Waals surface area contributed by atoms with E-state index in [0.717, 1.165) is 18.7 Å². The van der Waals surface area contributed by atoms with Crippen molar-refractivity contribution in [3.8, 4) is 0 Å². The molecule has 1 rings (SSSR count). The van der Waals surface area contributed by atoms with Gasteiger partial charge in [-0.15, -0.1) is 0 Å². The van der Waals surface area contributed by atoms with Gasteiger partial charge in [0.2, 0.25) is 0 Å². The molecule has 0 saturated carbocycles. The lowest BCUT2D eigenvalue weighted by atomic mass is 10.3. The minimum atomic E-state index is -0.336. The first-order valence-electron chi connectivity index (χ1n) is 4.49. The van der Waals surface area contributed by atoms with E-state index in [4.69, 9.17) is 4.74 Å². The van der Waals surface area contributed by atoms with Gasteiger partial charge in [-0.3, -0.25) is 0 Å². The van der Waals surface area contributed by atoms with Crippen LogP contribution >= 0.6 is 0 Å². The van der Waals surface area contributed by atoms with Crippen molar-refractivity contribution in [3.05, 3.63) is 17.7 Å². The SMILES string of the molecule is CCCc1ncc(C(=O)OCC)[nH]1. The first-order valence-corrected chi connectivity index (χ1v) is 4.49. The molecule has 13 heavy (non-hydrogen) atoms. The molecule has 1 N–H and O–H groups in total. The van der Waals surface area contributed by atoms with Crippen LogP contribution in [0.2, 0.25) is 0 Å². The Bertz CT molecular complexity index is 281. The maximum absolute atomic E-state index is 11.2. The number of carbonyl (C=O) groups excluding carboxylic acids is 1. The van der Waals surface area contributed by atoms with E-state index in [-0.39, 0.29) is 5.97 Å². The quantitative estimate of drug-likeness (QED) is 0.718. The predicted molar refractivity (Wildman–Crippen MR) is 48.5 cm³/mol. The lowest BCUT2D eigenvalue weighted by Crippen LogP contribution is -2.04. The van der Waals surface area contributed by atoms with Gasteiger partial charge in [-0.2, -0.15) is 0 Å². The monoisotopic (exact) mass is 182 g/mol. The summed E-state index contributed by atoms with van der Waals surface area (Å²) in [6.07, 6.45) is 3.39. The van der Waals surface area contributed by atoms with Crippen LogP contribution < -0.4 is 0 Å². The lowest BCUT2D eigenvalue weighted by Gasteiger charge is -1.96. The predicted octanol–water partition coefficient (Wildman–Crippen LogP) is 1.54. The fourth-order valence-electron chi connectivity index (χ4n) is 1.04. The van der Waals surface area contributed by atoms with Crippen molar-refractivity contribution in [1.82, 2.24) is 9.97 Å². The Kier molecular flexibility index (Phi) is 3.49. The topological polar surface area (TPSA) is 55.0 Å². The van der Waals surface area contributed by atoms with Crippen LogP contribution in [0, 0.1) is 0 Å². The molecule has 0 saturated heterocycles. The molecule has 0 aromatic carbocycles. The Labute approximate surface area is 77.3 Å². The fourth-order valence-corrected chi connectivity index (χ4v) is 1.04. The van der Waals surface area contributed by atoms with E-state index >= 15 is 0 Å². The first kappa shape index (κ1) is 9.77. The summed E-state index contributed by atoms with van der Waals surface area (Å²) < 4.78 is 4.81. The van der Waals surface area contributed by atoms with Crippen molar-refractivity contribution in [2.75, 3.05) is 6.61 Å². The molecule has 0 atom stereocenters. The maximum atomic E-state index is 11.2. The highest BCUT2D eigenvalue weighted by Crippen LogP contribution is 2.01. The van der Waals surface area contributed by atoms with Crippen molar-refractivity contribution in [3.63, 3.8) is 0 Å². The number of nitrogens with zero attached hydrogens (tertiary/aromatic N) is 1. The molecule has 4 heteroatoms. The zero-order chi connectivity index (χ0) is 9.68. The highest BCUT2D eigenvalue weighted by molar-refractivity contribution is 5.86. The van der Waals surface area contributed by atoms with Crippen LogP contribution in [0.5, 0.6) is 0 Å². The van der Waals surface area contributed by atoms with Gasteiger partial charge in [0.25, 0.3) is 0 Å². The van der Waals surface area contributed by atoms with Gasteiger partial charge in [-0.1, -0.05) is 6.92 Å². The molecule has 0 radical (unpaired) electrons. The Morgan fingerprint density at radius 3 is 3.00 bits per heavy atom. The van der Waals surface area contributed by atoms with Gasteiger partial charge in [0.15, 0.2) is 0 Å². The lowest BCUT2D eigenvalue weighted by molar-refractivity contribution is 0.0520. The molecule has 1 aromatic heterocycles. The third kappa shape index (κ3) is 2.57. The minimum Gasteiger partial charge on any atom is -0.461 e. The number of hydrogen-bond donors (Lipinski definition) is 1. The Balaban J connectivity index is 2.62. The van der Waals surface area contributed by atoms with Crippen LogP contribution in [0.4, 0.5) is 0 Å². The van der Waals surface area contributed by atoms with Crippen molar-refractivity contribution >= 4 is 5.97 Å². The molecule has 4 nitrogen and oxygen atoms in total. The van der Waals surface area contributed by atoms with Crippen LogP contribution in [0.25, 0.3) is 0 Å². The second kappa shape index (κ2) is 4.64. The number of aryl methyl sites for hydroxylation is 1. The average Bonchev–Trinajstić information content (AvgIpc) is 2.54. The van der Waals surface area contributed by atoms with E-state index in [9.17, 15) is 4.79 Å². The van der Waals surface area contributed by atoms with Crippen molar-refractivity contribution in [2.24, 2.45) is 0 Å². The summed E-state index contributed by atoms with van der Waals surface area (Å²) in [5, 5.41) is 0. The Hall–Kier alpha value is -1.32. The van der Waals surface area contributed by atoms with E-state index in [1.54, 1.807) is 6.92 Å². The summed E-state index contributed by atoms with van der Waals surface area (Å²) in [7, 11) is 0. The molecular formula is C9H14N2O2. The van der Waals surface area contributed by atoms with Crippen LogP contribution in [0.15, 0.2) is 6.20 Å². The second-order valence-corrected chi connectivity index (χ2v) is 2.71. The molecule has 0 aliphatic rings. The number of imidazole rings is 1. The summed E-state index contributed by atoms with van der Waals surface area (Å²) >= 11 is 0. The third-order valence-corrected chi connectivity index (χ3v) is 1.61. The molecule has 1 aromatic rings. The van der Waals surface area contributed by atoms with Crippen LogP contribution in [-0.4, -0.2) is 22.5 Å². The highest BCUT2D eigenvalue weighted by Gasteiger charge is 2.09. The smallest absolute Gasteiger partial charge is 0.356 e. The molecule has 1 heterocycles. The number of H-pyrrole nitrogens is 1. The average molecular weight is 182 g/mol. The van der Waals surface area contributed by atoms with Gasteiger partial charge in [0.1, 0.15) is 11.5 Å². The summed E-state index contributed by atoms with van der Waals surface area (Å²) in [6, 6.07) is 0. The highest BCUT2D eigenvalue weighted by atomic mass is 16.5. The van der Waals surface area contributed by atoms with E-state index in [1.165, 1.54) is 6.20 Å². The van der Waals surface area contributed by atoms with Crippen molar-refractivity contribution < 1.29 is 9.53 Å². The van der Waals surface area contributed by atoms with Crippen molar-refractivity contribution in [1.29, 1.82) is 0 Å². The molecule has 72 valence electrons. The molecule has 0 spiro atoms. The molecule has 0 bridgehead atoms. The summed E-state index contributed by atoms with van der Waals surface area (Å²) in [4.78, 5) is 18.1. The van der Waals surface area contributed by atoms with Crippen LogP contribution in [0.3, 0.4) is 0 Å². The number of aromatic nitrogens is 2. The first-order chi connectivity index (χ1) is 6.27. The second-order valence-electron chi connectivity index (χ2n) is 2.71. The Morgan fingerprint density at radius 2 is 2.38 bits per heavy atom. The number of aromatic amines is 1. The number of hydrogen-bond acceptors (Lipinski definition) is 3. The molecular weight excluding hydrogens is 168 g/mol. The number of carbonyl (C=O) groups is 1. The zero-order valence-corrected chi connectivity index (χ0v) is 7.96. The van der Waals surface area contributed by atoms with E-state index in [2.05, 4.69) is 16.9 Å². The maximum Gasteiger partial charge on any atom is 0.356 e. The number of nitrogens with one attached hydrogen (secondary N) is 1. The molecule has 0 fully saturated rings. The fraction of sp³-hybridized carbons (Fsp3) is 0.556. The van der Waals surface area contributed by atoms with Crippen molar-refractivity contribution in [2.45, 2.75) is 26.7 Å². The Morgan fingerprint density at radius 1 is 1.62 bits per heavy atom. The molecule has 0 aliphatic carbocycles. The van der Waals surface area contributed by atoms with Crippen LogP contribution in [-0.2, 0) is 11.2 Å². The largest absolute Gasteiger partial charge is 0.461 e. The zero-order valence-electron chi connectivity index (χ0n) is 7.96. The van der Waals surface area contributed by atoms with Gasteiger partial charge in [-0.05, 0) is 13.3 Å². The molecule has 0 unspecified atom stereocenters. The van der Waals surface area contributed by atoms with Gasteiger partial charge in [-0.25, -0.2) is 9.78 Å². The summed E-state index contributed by atoms with van der Waals surface area (Å²) in [5.41, 5.74) is 0.435. The number of ether oxygens (including phenoxy) is 1. The van der Waals surface area contributed by atoms with E-state index in [0.29, 0.717) is 12.3 Å². The van der Waals surface area contributed by atoms with Gasteiger partial charge >= 0.3 is 5.97 Å². The van der Waals surface area contributed by atoms with E-state index in [1.807, 2.05) is 0 Å². The van der Waals surface area contributed by atoms with Crippen LogP contribution in [0.1, 0.15) is 36.6 Å². The number of esters is 1. The summed E-state index contributed by atoms with van der Waals surface area (Å²) in [5.74, 6) is 0.503. The standard InChI is InChI=1S/C9H14N2O2/c1-3-5-8-10-6-7(11-8)9(12)13-4-2/h6H,3-5H2,1-2H3,(H,10,11). The molecule has 0 aliphatic heterocycles. The van der Waals surface area contributed by atoms with E-state index < -0.39 is 0 Å². The third-order valence-electron chi connectivity index (χ3n) is 1.61.